The van der Waals surface area contributed by atoms with Crippen LogP contribution < -0.4 is 11.1 Å². The van der Waals surface area contributed by atoms with Crippen molar-refractivity contribution in [1.29, 1.82) is 0 Å². The summed E-state index contributed by atoms with van der Waals surface area (Å²) in [5, 5.41) is 12.0. The van der Waals surface area contributed by atoms with Gasteiger partial charge in [-0.1, -0.05) is 32.6 Å². The van der Waals surface area contributed by atoms with Gasteiger partial charge in [0.1, 0.15) is 5.82 Å². The highest BCUT2D eigenvalue weighted by Gasteiger charge is 2.14. The Labute approximate surface area is 119 Å². The Hall–Kier alpha value is -1.78. The van der Waals surface area contributed by atoms with Crippen molar-refractivity contribution in [2.75, 3.05) is 11.1 Å². The Bertz CT molecular complexity index is 463. The first-order valence-corrected chi connectivity index (χ1v) is 7.04. The summed E-state index contributed by atoms with van der Waals surface area (Å²) in [6, 6.07) is 2.40. The predicted molar refractivity (Wildman–Crippen MR) is 79.6 cm³/mol. The molecule has 0 bridgehead atoms. The van der Waals surface area contributed by atoms with E-state index in [0.717, 1.165) is 25.3 Å². The summed E-state index contributed by atoms with van der Waals surface area (Å²) < 4.78 is 13.8. The minimum absolute atomic E-state index is 0.0591. The van der Waals surface area contributed by atoms with Gasteiger partial charge in [-0.3, -0.25) is 0 Å². The van der Waals surface area contributed by atoms with Gasteiger partial charge in [-0.25, -0.2) is 9.18 Å². The molecule has 1 aromatic rings. The van der Waals surface area contributed by atoms with Crippen LogP contribution in [0.25, 0.3) is 0 Å². The fourth-order valence-corrected chi connectivity index (χ4v) is 2.10. The quantitative estimate of drug-likeness (QED) is 0.499. The van der Waals surface area contributed by atoms with Crippen LogP contribution in [0.4, 0.5) is 15.8 Å². The summed E-state index contributed by atoms with van der Waals surface area (Å²) in [4.78, 5) is 11.0. The third-order valence-electron chi connectivity index (χ3n) is 3.26. The maximum Gasteiger partial charge on any atom is 0.337 e. The highest BCUT2D eigenvalue weighted by molar-refractivity contribution is 5.94. The Morgan fingerprint density at radius 3 is 2.70 bits per heavy atom. The van der Waals surface area contributed by atoms with Crippen LogP contribution in [0.3, 0.4) is 0 Å². The number of rotatable bonds is 8. The minimum atomic E-state index is -1.15. The molecule has 0 aliphatic rings. The topological polar surface area (TPSA) is 75.3 Å². The summed E-state index contributed by atoms with van der Waals surface area (Å²) >= 11 is 0. The van der Waals surface area contributed by atoms with E-state index in [1.54, 1.807) is 0 Å². The molecule has 0 aromatic heterocycles. The van der Waals surface area contributed by atoms with Crippen LogP contribution in [-0.4, -0.2) is 17.1 Å². The molecule has 4 nitrogen and oxygen atoms in total. The van der Waals surface area contributed by atoms with E-state index in [1.807, 2.05) is 6.92 Å². The number of halogens is 1. The van der Waals surface area contributed by atoms with Gasteiger partial charge in [0, 0.05) is 11.7 Å². The number of hydrogen-bond acceptors (Lipinski definition) is 3. The standard InChI is InChI=1S/C15H23FN2O2/c1-3-4-5-6-7-10(2)18-14-8-11(15(19)20)13(17)9-12(14)16/h8-10,18H,3-7,17H2,1-2H3,(H,19,20). The van der Waals surface area contributed by atoms with E-state index in [9.17, 15) is 9.18 Å². The second-order valence-electron chi connectivity index (χ2n) is 5.12. The van der Waals surface area contributed by atoms with E-state index in [1.165, 1.54) is 18.9 Å². The molecule has 1 atom stereocenters. The number of nitrogens with one attached hydrogen (secondary N) is 1. The van der Waals surface area contributed by atoms with Crippen LogP contribution in [0.2, 0.25) is 0 Å². The Morgan fingerprint density at radius 2 is 2.10 bits per heavy atom. The summed E-state index contributed by atoms with van der Waals surface area (Å²) in [5.41, 5.74) is 5.55. The number of benzene rings is 1. The molecule has 0 saturated carbocycles. The van der Waals surface area contributed by atoms with Gasteiger partial charge >= 0.3 is 5.97 Å². The largest absolute Gasteiger partial charge is 0.478 e. The minimum Gasteiger partial charge on any atom is -0.478 e. The normalized spacial score (nSPS) is 12.2. The molecular weight excluding hydrogens is 259 g/mol. The number of nitrogen functional groups attached to an aromatic ring is 1. The van der Waals surface area contributed by atoms with Crippen molar-refractivity contribution in [3.63, 3.8) is 0 Å². The fraction of sp³-hybridized carbons (Fsp3) is 0.533. The third kappa shape index (κ3) is 4.72. The average molecular weight is 282 g/mol. The first kappa shape index (κ1) is 16.3. The van der Waals surface area contributed by atoms with Crippen molar-refractivity contribution in [1.82, 2.24) is 0 Å². The van der Waals surface area contributed by atoms with Gasteiger partial charge in [-0.15, -0.1) is 0 Å². The third-order valence-corrected chi connectivity index (χ3v) is 3.26. The predicted octanol–water partition coefficient (Wildman–Crippen LogP) is 3.88. The number of anilines is 2. The number of aromatic carboxylic acids is 1. The zero-order valence-electron chi connectivity index (χ0n) is 12.1. The zero-order valence-corrected chi connectivity index (χ0v) is 12.1. The monoisotopic (exact) mass is 282 g/mol. The lowest BCUT2D eigenvalue weighted by Crippen LogP contribution is -2.17. The van der Waals surface area contributed by atoms with E-state index in [-0.39, 0.29) is 23.0 Å². The number of carboxylic acid groups (broad SMARTS) is 1. The van der Waals surface area contributed by atoms with Crippen molar-refractivity contribution in [2.24, 2.45) is 0 Å². The van der Waals surface area contributed by atoms with Gasteiger partial charge in [0.25, 0.3) is 0 Å². The molecule has 4 N–H and O–H groups in total. The van der Waals surface area contributed by atoms with Crippen LogP contribution in [-0.2, 0) is 0 Å². The lowest BCUT2D eigenvalue weighted by molar-refractivity contribution is 0.0698. The first-order valence-electron chi connectivity index (χ1n) is 7.04. The lowest BCUT2D eigenvalue weighted by Gasteiger charge is -2.16. The molecule has 5 heteroatoms. The van der Waals surface area contributed by atoms with Crippen molar-refractivity contribution in [2.45, 2.75) is 52.0 Å². The van der Waals surface area contributed by atoms with E-state index >= 15 is 0 Å². The maximum atomic E-state index is 13.8. The van der Waals surface area contributed by atoms with E-state index in [0.29, 0.717) is 0 Å². The molecule has 20 heavy (non-hydrogen) atoms. The molecular formula is C15H23FN2O2. The molecule has 0 aliphatic carbocycles. The average Bonchev–Trinajstić information content (AvgIpc) is 2.37. The maximum absolute atomic E-state index is 13.8. The molecule has 0 radical (unpaired) electrons. The Morgan fingerprint density at radius 1 is 1.40 bits per heavy atom. The van der Waals surface area contributed by atoms with Gasteiger partial charge in [-0.2, -0.15) is 0 Å². The van der Waals surface area contributed by atoms with Crippen LogP contribution in [0, 0.1) is 5.82 Å². The van der Waals surface area contributed by atoms with Gasteiger partial charge in [0.15, 0.2) is 0 Å². The second-order valence-corrected chi connectivity index (χ2v) is 5.12. The molecule has 0 heterocycles. The van der Waals surface area contributed by atoms with Crippen LogP contribution in [0.1, 0.15) is 56.3 Å². The van der Waals surface area contributed by atoms with Crippen LogP contribution in [0.5, 0.6) is 0 Å². The first-order chi connectivity index (χ1) is 9.45. The summed E-state index contributed by atoms with van der Waals surface area (Å²) in [6.45, 7) is 4.11. The molecule has 0 fully saturated rings. The fourth-order valence-electron chi connectivity index (χ4n) is 2.10. The summed E-state index contributed by atoms with van der Waals surface area (Å²) in [7, 11) is 0. The Balaban J connectivity index is 2.67. The Kier molecular flexibility index (Phi) is 6.28. The SMILES string of the molecule is CCCCCCC(C)Nc1cc(C(=O)O)c(N)cc1F. The highest BCUT2D eigenvalue weighted by atomic mass is 19.1. The number of carboxylic acids is 1. The molecule has 1 rings (SSSR count). The lowest BCUT2D eigenvalue weighted by atomic mass is 10.1. The summed E-state index contributed by atoms with van der Waals surface area (Å²) in [6.07, 6.45) is 5.53. The van der Waals surface area contributed by atoms with E-state index in [2.05, 4.69) is 12.2 Å². The van der Waals surface area contributed by atoms with E-state index in [4.69, 9.17) is 10.8 Å². The van der Waals surface area contributed by atoms with Crippen molar-refractivity contribution < 1.29 is 14.3 Å². The zero-order chi connectivity index (χ0) is 15.1. The van der Waals surface area contributed by atoms with Gasteiger partial charge < -0.3 is 16.2 Å². The number of unbranched alkanes of at least 4 members (excludes halogenated alkanes) is 3. The van der Waals surface area contributed by atoms with Gasteiger partial charge in [0.2, 0.25) is 0 Å². The number of hydrogen-bond donors (Lipinski definition) is 3. The van der Waals surface area contributed by atoms with Gasteiger partial charge in [0.05, 0.1) is 11.3 Å². The van der Waals surface area contributed by atoms with Crippen molar-refractivity contribution in [3.05, 3.63) is 23.5 Å². The second kappa shape index (κ2) is 7.72. The molecule has 0 saturated heterocycles. The molecule has 0 aliphatic heterocycles. The highest BCUT2D eigenvalue weighted by Crippen LogP contribution is 2.23. The molecule has 112 valence electrons. The number of carbonyl (C=O) groups is 1. The molecule has 0 spiro atoms. The molecule has 1 aromatic carbocycles. The van der Waals surface area contributed by atoms with Crippen molar-refractivity contribution in [3.8, 4) is 0 Å². The molecule has 0 amide bonds. The van der Waals surface area contributed by atoms with Crippen LogP contribution in [0.15, 0.2) is 12.1 Å². The van der Waals surface area contributed by atoms with Gasteiger partial charge in [-0.05, 0) is 25.5 Å². The summed E-state index contributed by atoms with van der Waals surface area (Å²) in [5.74, 6) is -1.67. The molecule has 1 unspecified atom stereocenters. The smallest absolute Gasteiger partial charge is 0.337 e. The van der Waals surface area contributed by atoms with E-state index < -0.39 is 11.8 Å². The van der Waals surface area contributed by atoms with Crippen LogP contribution >= 0.6 is 0 Å². The number of nitrogens with two attached hydrogens (primary N) is 1. The van der Waals surface area contributed by atoms with Crippen molar-refractivity contribution >= 4 is 17.3 Å².